The standard InChI is InChI=1S/C67H119N2O7P/c1-7-10-13-16-19-22-25-28-30-31-32-33-34-35-36-37-39-42-45-48-51-54-57-60-67(71)76-65(58-55-52-49-46-43-40-27-24-21-18-15-12-9-3)64(63-75-77(72,73)74-62-61-69(4,5)6)68-66(70)59-56-53-50-47-44-41-38-29-26-23-20-17-14-11-8-2/h11,14,17,19-20,22-23,26,28,30,32-33,35-36,55,58,64-65H,7-10,12-13,15-16,18,21,24-25,27,29,31,34,37-54,56-57,59-63H2,1-6H3,(H-,68,70,72,73)/p+1/b14-11+,20-17+,22-19-,26-23+,30-28-,33-32-,36-35-,58-55-. The molecule has 2 N–H and O–H groups in total. The molecule has 0 rings (SSSR count). The van der Waals surface area contributed by atoms with E-state index in [1.54, 1.807) is 0 Å². The Hall–Kier alpha value is -3.07. The van der Waals surface area contributed by atoms with Crippen LogP contribution in [0.4, 0.5) is 0 Å². The van der Waals surface area contributed by atoms with Crippen LogP contribution in [0.5, 0.6) is 0 Å². The summed E-state index contributed by atoms with van der Waals surface area (Å²) >= 11 is 0. The van der Waals surface area contributed by atoms with E-state index in [2.05, 4.69) is 111 Å². The van der Waals surface area contributed by atoms with Crippen LogP contribution in [-0.4, -0.2) is 74.3 Å². The van der Waals surface area contributed by atoms with Gasteiger partial charge >= 0.3 is 13.8 Å². The maximum Gasteiger partial charge on any atom is 0.472 e. The molecule has 1 amide bonds. The molecule has 0 heterocycles. The maximum atomic E-state index is 13.5. The molecule has 0 aliphatic carbocycles. The van der Waals surface area contributed by atoms with Crippen LogP contribution in [0.25, 0.3) is 0 Å². The van der Waals surface area contributed by atoms with Gasteiger partial charge in [-0.25, -0.2) is 4.57 Å². The number of quaternary nitrogens is 1. The molecule has 0 fully saturated rings. The number of nitrogens with one attached hydrogen (secondary N) is 1. The minimum atomic E-state index is -4.46. The zero-order valence-corrected chi connectivity index (χ0v) is 51.6. The van der Waals surface area contributed by atoms with E-state index in [-0.39, 0.29) is 31.5 Å². The lowest BCUT2D eigenvalue weighted by Gasteiger charge is -2.27. The second kappa shape index (κ2) is 56.2. The number of phosphoric ester groups is 1. The fourth-order valence-electron chi connectivity index (χ4n) is 8.69. The molecule has 0 saturated carbocycles. The molecule has 0 spiro atoms. The number of esters is 1. The molecule has 77 heavy (non-hydrogen) atoms. The highest BCUT2D eigenvalue weighted by Crippen LogP contribution is 2.43. The minimum Gasteiger partial charge on any atom is -0.456 e. The van der Waals surface area contributed by atoms with E-state index in [9.17, 15) is 19.0 Å². The van der Waals surface area contributed by atoms with E-state index in [4.69, 9.17) is 13.8 Å². The smallest absolute Gasteiger partial charge is 0.456 e. The lowest BCUT2D eigenvalue weighted by atomic mass is 10.0. The molecule has 0 aliphatic rings. The van der Waals surface area contributed by atoms with Crippen LogP contribution in [0.15, 0.2) is 97.2 Å². The quantitative estimate of drug-likeness (QED) is 0.0156. The third-order valence-corrected chi connectivity index (χ3v) is 14.6. The van der Waals surface area contributed by atoms with Crippen molar-refractivity contribution in [3.63, 3.8) is 0 Å². The number of amides is 1. The van der Waals surface area contributed by atoms with Gasteiger partial charge in [-0.05, 0) is 96.0 Å². The van der Waals surface area contributed by atoms with Gasteiger partial charge in [-0.15, -0.1) is 0 Å². The van der Waals surface area contributed by atoms with Crippen molar-refractivity contribution in [2.45, 2.75) is 277 Å². The van der Waals surface area contributed by atoms with E-state index in [1.807, 2.05) is 33.3 Å². The van der Waals surface area contributed by atoms with Crippen molar-refractivity contribution < 1.29 is 37.3 Å². The predicted octanol–water partition coefficient (Wildman–Crippen LogP) is 19.6. The molecule has 3 unspecified atom stereocenters. The molecule has 0 aromatic heterocycles. The van der Waals surface area contributed by atoms with Crippen molar-refractivity contribution in [2.24, 2.45) is 0 Å². The van der Waals surface area contributed by atoms with Gasteiger partial charge in [-0.2, -0.15) is 0 Å². The highest BCUT2D eigenvalue weighted by molar-refractivity contribution is 7.47. The molecule has 0 saturated heterocycles. The normalized spacial score (nSPS) is 14.3. The number of ether oxygens (including phenoxy) is 1. The number of carbonyl (C=O) groups is 2. The molecule has 444 valence electrons. The zero-order chi connectivity index (χ0) is 56.4. The van der Waals surface area contributed by atoms with Gasteiger partial charge in [0.15, 0.2) is 0 Å². The molecule has 0 aromatic rings. The highest BCUT2D eigenvalue weighted by Gasteiger charge is 2.30. The number of likely N-dealkylation sites (N-methyl/N-ethyl adjacent to an activating group) is 1. The fourth-order valence-corrected chi connectivity index (χ4v) is 9.42. The SMILES string of the molecule is CC/C=C/C=C/C=C/CCCCCCCCCC(=O)NC(COP(=O)(O)OCC[N+](C)(C)C)C(/C=C\CCCCCCCCCCCCC)OC(=O)CCCCCCCCC/C=C\C/C=C\C/C=C\C/C=C\CCCCC. The summed E-state index contributed by atoms with van der Waals surface area (Å²) in [5.41, 5.74) is 0. The number of rotatable bonds is 56. The summed E-state index contributed by atoms with van der Waals surface area (Å²) < 4.78 is 30.7. The van der Waals surface area contributed by atoms with Gasteiger partial charge in [0.05, 0.1) is 33.8 Å². The summed E-state index contributed by atoms with van der Waals surface area (Å²) in [7, 11) is 1.47. The predicted molar refractivity (Wildman–Crippen MR) is 332 cm³/mol. The van der Waals surface area contributed by atoms with Gasteiger partial charge in [0.1, 0.15) is 19.3 Å². The lowest BCUT2D eigenvalue weighted by Crippen LogP contribution is -2.47. The summed E-state index contributed by atoms with van der Waals surface area (Å²) in [6.07, 6.45) is 75.4. The Morgan fingerprint density at radius 1 is 0.481 bits per heavy atom. The monoisotopic (exact) mass is 1100 g/mol. The Morgan fingerprint density at radius 3 is 1.38 bits per heavy atom. The molecule has 0 aliphatic heterocycles. The van der Waals surface area contributed by atoms with Crippen LogP contribution in [-0.2, 0) is 27.9 Å². The molecule has 3 atom stereocenters. The third-order valence-electron chi connectivity index (χ3n) is 13.6. The molecular formula is C67H120N2O7P+. The Kier molecular flexibility index (Phi) is 54.0. The Bertz CT molecular complexity index is 1640. The Balaban J connectivity index is 5.27. The average molecular weight is 1100 g/mol. The second-order valence-electron chi connectivity index (χ2n) is 22.3. The fraction of sp³-hybridized carbons (Fsp3) is 0.731. The van der Waals surface area contributed by atoms with Crippen LogP contribution in [0.2, 0.25) is 0 Å². The summed E-state index contributed by atoms with van der Waals surface area (Å²) in [5, 5.41) is 3.05. The van der Waals surface area contributed by atoms with Gasteiger partial charge in [0, 0.05) is 12.8 Å². The number of phosphoric acid groups is 1. The van der Waals surface area contributed by atoms with Crippen molar-refractivity contribution in [1.82, 2.24) is 5.32 Å². The minimum absolute atomic E-state index is 0.0313. The van der Waals surface area contributed by atoms with Crippen LogP contribution >= 0.6 is 7.82 Å². The third kappa shape index (κ3) is 57.4. The molecular weight excluding hydrogens is 976 g/mol. The molecule has 0 aromatic carbocycles. The summed E-state index contributed by atoms with van der Waals surface area (Å²) in [6.45, 7) is 6.84. The molecule has 0 radical (unpaired) electrons. The van der Waals surface area contributed by atoms with Crippen molar-refractivity contribution in [1.29, 1.82) is 0 Å². The molecule has 9 nitrogen and oxygen atoms in total. The summed E-state index contributed by atoms with van der Waals surface area (Å²) in [6, 6.07) is -0.865. The lowest BCUT2D eigenvalue weighted by molar-refractivity contribution is -0.870. The van der Waals surface area contributed by atoms with Crippen molar-refractivity contribution >= 4 is 19.7 Å². The first-order chi connectivity index (χ1) is 37.4. The highest BCUT2D eigenvalue weighted by atomic mass is 31.2. The van der Waals surface area contributed by atoms with Gasteiger partial charge in [0.2, 0.25) is 5.91 Å². The number of hydrogen-bond acceptors (Lipinski definition) is 6. The van der Waals surface area contributed by atoms with Crippen molar-refractivity contribution in [3.05, 3.63) is 97.2 Å². The summed E-state index contributed by atoms with van der Waals surface area (Å²) in [4.78, 5) is 37.7. The zero-order valence-electron chi connectivity index (χ0n) is 50.7. The number of carbonyl (C=O) groups excluding carboxylic acids is 2. The molecule has 10 heteroatoms. The first-order valence-electron chi connectivity index (χ1n) is 31.6. The number of nitrogens with zero attached hydrogens (tertiary/aromatic N) is 1. The number of hydrogen-bond donors (Lipinski definition) is 2. The first-order valence-corrected chi connectivity index (χ1v) is 33.1. The van der Waals surface area contributed by atoms with Crippen molar-refractivity contribution in [2.75, 3.05) is 40.9 Å². The van der Waals surface area contributed by atoms with Gasteiger partial charge in [-0.3, -0.25) is 18.6 Å². The maximum absolute atomic E-state index is 13.5. The number of allylic oxidation sites excluding steroid dienone is 15. The van der Waals surface area contributed by atoms with E-state index < -0.39 is 20.0 Å². The topological polar surface area (TPSA) is 111 Å². The Labute approximate surface area is 475 Å². The van der Waals surface area contributed by atoms with Crippen LogP contribution in [0, 0.1) is 0 Å². The van der Waals surface area contributed by atoms with Gasteiger partial charge in [0.25, 0.3) is 0 Å². The van der Waals surface area contributed by atoms with Crippen LogP contribution < -0.4 is 5.32 Å². The Morgan fingerprint density at radius 2 is 0.883 bits per heavy atom. The van der Waals surface area contributed by atoms with Crippen molar-refractivity contribution in [3.8, 4) is 0 Å². The van der Waals surface area contributed by atoms with E-state index in [0.29, 0.717) is 17.4 Å². The largest absolute Gasteiger partial charge is 0.472 e. The van der Waals surface area contributed by atoms with E-state index in [1.165, 1.54) is 122 Å². The first kappa shape index (κ1) is 73.9. The number of unbranched alkanes of at least 4 members (excludes halogenated alkanes) is 28. The van der Waals surface area contributed by atoms with Gasteiger partial charge < -0.3 is 19.4 Å². The van der Waals surface area contributed by atoms with E-state index >= 15 is 0 Å². The van der Waals surface area contributed by atoms with Crippen LogP contribution in [0.3, 0.4) is 0 Å². The molecule has 0 bridgehead atoms. The average Bonchev–Trinajstić information content (AvgIpc) is 3.39. The summed E-state index contributed by atoms with van der Waals surface area (Å²) in [5.74, 6) is -0.533. The van der Waals surface area contributed by atoms with Gasteiger partial charge in [-0.1, -0.05) is 253 Å². The second-order valence-corrected chi connectivity index (χ2v) is 23.7. The van der Waals surface area contributed by atoms with E-state index in [0.717, 1.165) is 109 Å². The van der Waals surface area contributed by atoms with Crippen LogP contribution in [0.1, 0.15) is 265 Å².